The predicted octanol–water partition coefficient (Wildman–Crippen LogP) is 2.59. The van der Waals surface area contributed by atoms with Crippen LogP contribution in [0.4, 0.5) is 24.7 Å². The quantitative estimate of drug-likeness (QED) is 0.235. The van der Waals surface area contributed by atoms with E-state index in [1.807, 2.05) is 0 Å². The maximum atomic E-state index is 13.1. The molecule has 0 bridgehead atoms. The van der Waals surface area contributed by atoms with Gasteiger partial charge in [-0.2, -0.15) is 23.0 Å². The molecule has 3 N–H and O–H groups in total. The van der Waals surface area contributed by atoms with Gasteiger partial charge in [-0.05, 0) is 28.5 Å². The third kappa shape index (κ3) is 4.65. The Bertz CT molecular complexity index is 1430. The first-order valence-corrected chi connectivity index (χ1v) is 9.45. The minimum absolute atomic E-state index is 0.00862. The lowest BCUT2D eigenvalue weighted by atomic mass is 10.1. The maximum Gasteiger partial charge on any atom is 0.417 e. The van der Waals surface area contributed by atoms with Crippen molar-refractivity contribution in [1.29, 1.82) is 0 Å². The van der Waals surface area contributed by atoms with Crippen molar-refractivity contribution in [3.63, 3.8) is 0 Å². The van der Waals surface area contributed by atoms with Crippen molar-refractivity contribution < 1.29 is 27.5 Å². The number of hydrazone groups is 1. The van der Waals surface area contributed by atoms with Gasteiger partial charge in [0.25, 0.3) is 11.6 Å². The van der Waals surface area contributed by atoms with Gasteiger partial charge in [-0.1, -0.05) is 23.4 Å². The molecule has 2 aromatic carbocycles. The number of anilines is 1. The summed E-state index contributed by atoms with van der Waals surface area (Å²) in [5, 5.41) is 29.2. The van der Waals surface area contributed by atoms with Crippen LogP contribution in [0.5, 0.6) is 0 Å². The molecule has 2 heterocycles. The number of carbonyl (C=O) groups is 1. The number of nitrogens with zero attached hydrogens (tertiary/aromatic N) is 7. The Kier molecular flexibility index (Phi) is 5.92. The Hall–Kier alpha value is -5.15. The summed E-state index contributed by atoms with van der Waals surface area (Å²) in [6.45, 7) is 0. The van der Waals surface area contributed by atoms with Gasteiger partial charge in [0.2, 0.25) is 11.6 Å². The van der Waals surface area contributed by atoms with Gasteiger partial charge >= 0.3 is 6.18 Å². The number of nitrogen functional groups attached to an aromatic ring is 1. The van der Waals surface area contributed by atoms with Gasteiger partial charge in [0.05, 0.1) is 16.7 Å². The molecular formula is C19H12F3N9O4. The molecule has 0 aliphatic rings. The largest absolute Gasteiger partial charge is 0.417 e. The summed E-state index contributed by atoms with van der Waals surface area (Å²) >= 11 is 0. The molecule has 13 nitrogen and oxygen atoms in total. The monoisotopic (exact) mass is 487 g/mol. The molecule has 0 saturated carbocycles. The van der Waals surface area contributed by atoms with Crippen LogP contribution in [0.1, 0.15) is 21.6 Å². The number of hydrogen-bond acceptors (Lipinski definition) is 10. The van der Waals surface area contributed by atoms with E-state index in [1.54, 1.807) is 0 Å². The van der Waals surface area contributed by atoms with E-state index < -0.39 is 22.6 Å². The van der Waals surface area contributed by atoms with Gasteiger partial charge in [0.1, 0.15) is 5.69 Å². The zero-order valence-electron chi connectivity index (χ0n) is 17.2. The highest BCUT2D eigenvalue weighted by molar-refractivity contribution is 5.99. The molecule has 0 radical (unpaired) electrons. The minimum Gasteiger partial charge on any atom is -0.378 e. The molecule has 0 spiro atoms. The molecular weight excluding hydrogens is 475 g/mol. The highest BCUT2D eigenvalue weighted by Gasteiger charge is 2.32. The fraction of sp³-hybridized carbons (Fsp3) is 0.0526. The first-order chi connectivity index (χ1) is 16.7. The smallest absolute Gasteiger partial charge is 0.378 e. The minimum atomic E-state index is -4.62. The number of nitrogens with two attached hydrogens (primary N) is 1. The zero-order chi connectivity index (χ0) is 25.2. The second-order valence-electron chi connectivity index (χ2n) is 6.76. The molecule has 1 amide bonds. The molecule has 16 heteroatoms. The van der Waals surface area contributed by atoms with Crippen LogP contribution in [0.2, 0.25) is 0 Å². The summed E-state index contributed by atoms with van der Waals surface area (Å²) in [4.78, 5) is 23.2. The van der Waals surface area contributed by atoms with Crippen molar-refractivity contribution in [1.82, 2.24) is 30.7 Å². The summed E-state index contributed by atoms with van der Waals surface area (Å²) < 4.78 is 45.0. The van der Waals surface area contributed by atoms with Crippen molar-refractivity contribution >= 4 is 23.6 Å². The Morgan fingerprint density at radius 1 is 1.17 bits per heavy atom. The highest BCUT2D eigenvalue weighted by Crippen LogP contribution is 2.31. The molecule has 4 rings (SSSR count). The molecule has 2 aromatic heterocycles. The van der Waals surface area contributed by atoms with Crippen LogP contribution >= 0.6 is 0 Å². The van der Waals surface area contributed by atoms with Crippen LogP contribution in [-0.4, -0.2) is 42.4 Å². The topological polar surface area (TPSA) is 180 Å². The number of rotatable bonds is 6. The molecule has 35 heavy (non-hydrogen) atoms. The number of nitrogens with one attached hydrogen (secondary N) is 1. The van der Waals surface area contributed by atoms with E-state index in [2.05, 4.69) is 35.8 Å². The first kappa shape index (κ1) is 23.0. The number of halogens is 3. The lowest BCUT2D eigenvalue weighted by molar-refractivity contribution is -0.384. The van der Waals surface area contributed by atoms with E-state index in [4.69, 9.17) is 5.73 Å². The number of hydrogen-bond donors (Lipinski definition) is 2. The van der Waals surface area contributed by atoms with E-state index in [0.29, 0.717) is 0 Å². The lowest BCUT2D eigenvalue weighted by Crippen LogP contribution is -2.20. The third-order valence-electron chi connectivity index (χ3n) is 4.57. The standard InChI is InChI=1S/C19H12F3N9O4/c20-19(21,22)13-4-2-1-3-11(13)9-24-26-18(32)14-15(10-5-7-12(8-6-10)31(33)34)30(29-25-14)17-16(23)27-35-28-17/h1-9H,(H2,23,27)(H,26,32). The fourth-order valence-electron chi connectivity index (χ4n) is 3.00. The average Bonchev–Trinajstić information content (AvgIpc) is 3.44. The van der Waals surface area contributed by atoms with Crippen molar-refractivity contribution in [2.45, 2.75) is 6.18 Å². The number of non-ortho nitro benzene ring substituents is 1. The molecule has 0 aliphatic carbocycles. The van der Waals surface area contributed by atoms with Crippen LogP contribution in [0.15, 0.2) is 58.3 Å². The molecule has 0 aliphatic heterocycles. The number of benzene rings is 2. The van der Waals surface area contributed by atoms with Crippen molar-refractivity contribution in [3.8, 4) is 17.1 Å². The van der Waals surface area contributed by atoms with Crippen molar-refractivity contribution in [2.75, 3.05) is 5.73 Å². The van der Waals surface area contributed by atoms with Gasteiger partial charge in [0.15, 0.2) is 5.69 Å². The zero-order valence-corrected chi connectivity index (χ0v) is 17.2. The summed E-state index contributed by atoms with van der Waals surface area (Å²) in [6, 6.07) is 9.68. The van der Waals surface area contributed by atoms with E-state index in [1.165, 1.54) is 42.5 Å². The second-order valence-corrected chi connectivity index (χ2v) is 6.76. The van der Waals surface area contributed by atoms with Crippen molar-refractivity contribution in [3.05, 3.63) is 75.5 Å². The Labute approximate surface area is 192 Å². The Morgan fingerprint density at radius 2 is 1.89 bits per heavy atom. The number of carbonyl (C=O) groups excluding carboxylic acids is 1. The van der Waals surface area contributed by atoms with Gasteiger partial charge in [-0.15, -0.1) is 5.10 Å². The molecule has 0 atom stereocenters. The Morgan fingerprint density at radius 3 is 2.51 bits per heavy atom. The average molecular weight is 487 g/mol. The van der Waals surface area contributed by atoms with E-state index >= 15 is 0 Å². The molecule has 0 unspecified atom stereocenters. The van der Waals surface area contributed by atoms with E-state index in [-0.39, 0.29) is 39.8 Å². The van der Waals surface area contributed by atoms with Crippen LogP contribution in [-0.2, 0) is 6.18 Å². The summed E-state index contributed by atoms with van der Waals surface area (Å²) in [7, 11) is 0. The summed E-state index contributed by atoms with van der Waals surface area (Å²) in [5.41, 5.74) is 6.27. The normalized spacial score (nSPS) is 11.6. The fourth-order valence-corrected chi connectivity index (χ4v) is 3.00. The molecule has 178 valence electrons. The predicted molar refractivity (Wildman–Crippen MR) is 112 cm³/mol. The van der Waals surface area contributed by atoms with Gasteiger partial charge in [-0.3, -0.25) is 14.9 Å². The Balaban J connectivity index is 1.69. The summed E-state index contributed by atoms with van der Waals surface area (Å²) in [6.07, 6.45) is -3.79. The second kappa shape index (κ2) is 9.00. The van der Waals surface area contributed by atoms with Crippen LogP contribution in [0, 0.1) is 10.1 Å². The number of nitro groups is 1. The van der Waals surface area contributed by atoms with Crippen LogP contribution in [0.3, 0.4) is 0 Å². The lowest BCUT2D eigenvalue weighted by Gasteiger charge is -2.09. The highest BCUT2D eigenvalue weighted by atomic mass is 19.4. The van der Waals surface area contributed by atoms with Crippen molar-refractivity contribution in [2.24, 2.45) is 5.10 Å². The number of aromatic nitrogens is 5. The number of alkyl halides is 3. The van der Waals surface area contributed by atoms with Crippen LogP contribution < -0.4 is 11.2 Å². The van der Waals surface area contributed by atoms with Gasteiger partial charge < -0.3 is 5.73 Å². The first-order valence-electron chi connectivity index (χ1n) is 9.45. The third-order valence-corrected chi connectivity index (χ3v) is 4.57. The van der Waals surface area contributed by atoms with Gasteiger partial charge in [-0.25, -0.2) is 10.1 Å². The van der Waals surface area contributed by atoms with E-state index in [9.17, 15) is 28.1 Å². The molecule has 0 fully saturated rings. The molecule has 4 aromatic rings. The van der Waals surface area contributed by atoms with Gasteiger partial charge in [0, 0.05) is 23.3 Å². The summed E-state index contributed by atoms with van der Waals surface area (Å²) in [5.74, 6) is -1.25. The maximum absolute atomic E-state index is 13.1. The SMILES string of the molecule is Nc1nonc1-n1nnc(C(=O)NN=Cc2ccccc2C(F)(F)F)c1-c1ccc([N+](=O)[O-])cc1. The van der Waals surface area contributed by atoms with Crippen LogP contribution in [0.25, 0.3) is 17.1 Å². The van der Waals surface area contributed by atoms with E-state index in [0.717, 1.165) is 17.0 Å². The number of amides is 1. The number of nitro benzene ring substituents is 1. The molecule has 0 saturated heterocycles.